The fraction of sp³-hybridized carbons (Fsp3) is 0.286. The van der Waals surface area contributed by atoms with Gasteiger partial charge in [0.1, 0.15) is 11.8 Å². The number of aromatic nitrogens is 2. The van der Waals surface area contributed by atoms with Crippen LogP contribution < -0.4 is 9.47 Å². The highest BCUT2D eigenvalue weighted by molar-refractivity contribution is 5.27. The van der Waals surface area contributed by atoms with Gasteiger partial charge in [0.15, 0.2) is 11.6 Å². The molecule has 0 spiro atoms. The standard InChI is InChI=1S/C14H14F2N2O3/c1-20-12-7-17-13(14(18-12)21-2)11(19)6-8-3-4-9(15)10(16)5-8/h3-5,7,11,19H,6H2,1-2H3. The summed E-state index contributed by atoms with van der Waals surface area (Å²) in [6, 6.07) is 3.43. The maximum Gasteiger partial charge on any atom is 0.241 e. The number of hydrogen-bond acceptors (Lipinski definition) is 5. The van der Waals surface area contributed by atoms with Gasteiger partial charge in [0.2, 0.25) is 11.8 Å². The Morgan fingerprint density at radius 1 is 1.19 bits per heavy atom. The number of aliphatic hydroxyl groups excluding tert-OH is 1. The van der Waals surface area contributed by atoms with Gasteiger partial charge in [-0.15, -0.1) is 0 Å². The van der Waals surface area contributed by atoms with Crippen LogP contribution in [-0.4, -0.2) is 29.3 Å². The van der Waals surface area contributed by atoms with E-state index in [1.807, 2.05) is 0 Å². The van der Waals surface area contributed by atoms with Gasteiger partial charge in [-0.05, 0) is 17.7 Å². The Bertz CT molecular complexity index is 638. The average Bonchev–Trinajstić information content (AvgIpc) is 2.50. The molecule has 0 radical (unpaired) electrons. The number of aliphatic hydroxyl groups is 1. The van der Waals surface area contributed by atoms with Gasteiger partial charge >= 0.3 is 0 Å². The predicted octanol–water partition coefficient (Wildman–Crippen LogP) is 2.05. The van der Waals surface area contributed by atoms with E-state index in [-0.39, 0.29) is 23.9 Å². The fourth-order valence-electron chi connectivity index (χ4n) is 1.83. The van der Waals surface area contributed by atoms with Gasteiger partial charge in [-0.3, -0.25) is 0 Å². The van der Waals surface area contributed by atoms with Gasteiger partial charge in [-0.2, -0.15) is 4.98 Å². The third kappa shape index (κ3) is 3.43. The van der Waals surface area contributed by atoms with Crippen LogP contribution in [0, 0.1) is 11.6 Å². The number of halogens is 2. The second-order valence-electron chi connectivity index (χ2n) is 4.28. The quantitative estimate of drug-likeness (QED) is 0.915. The number of ether oxygens (including phenoxy) is 2. The van der Waals surface area contributed by atoms with Crippen molar-refractivity contribution in [1.29, 1.82) is 0 Å². The summed E-state index contributed by atoms with van der Waals surface area (Å²) in [5, 5.41) is 10.2. The summed E-state index contributed by atoms with van der Waals surface area (Å²) in [6.07, 6.45) is 0.323. The van der Waals surface area contributed by atoms with E-state index >= 15 is 0 Å². The lowest BCUT2D eigenvalue weighted by molar-refractivity contribution is 0.166. The molecule has 0 bridgehead atoms. The lowest BCUT2D eigenvalue weighted by Crippen LogP contribution is -2.09. The van der Waals surface area contributed by atoms with Gasteiger partial charge in [0.05, 0.1) is 20.4 Å². The van der Waals surface area contributed by atoms with E-state index in [9.17, 15) is 13.9 Å². The molecule has 2 aromatic rings. The molecule has 7 heteroatoms. The summed E-state index contributed by atoms with van der Waals surface area (Å²) in [7, 11) is 2.82. The maximum atomic E-state index is 13.2. The normalized spacial score (nSPS) is 12.0. The van der Waals surface area contributed by atoms with Crippen LogP contribution in [0.2, 0.25) is 0 Å². The van der Waals surface area contributed by atoms with Crippen molar-refractivity contribution in [2.24, 2.45) is 0 Å². The molecular formula is C14H14F2N2O3. The largest absolute Gasteiger partial charge is 0.480 e. The fourth-order valence-corrected chi connectivity index (χ4v) is 1.83. The highest BCUT2D eigenvalue weighted by Crippen LogP contribution is 2.26. The zero-order chi connectivity index (χ0) is 15.4. The first-order valence-corrected chi connectivity index (χ1v) is 6.12. The smallest absolute Gasteiger partial charge is 0.241 e. The first-order valence-electron chi connectivity index (χ1n) is 6.12. The van der Waals surface area contributed by atoms with E-state index in [1.165, 1.54) is 26.5 Å². The summed E-state index contributed by atoms with van der Waals surface area (Å²) in [6.45, 7) is 0. The Hall–Kier alpha value is -2.28. The Morgan fingerprint density at radius 2 is 1.95 bits per heavy atom. The maximum absolute atomic E-state index is 13.2. The van der Waals surface area contributed by atoms with Gasteiger partial charge in [0, 0.05) is 6.42 Å². The Morgan fingerprint density at radius 3 is 2.57 bits per heavy atom. The molecule has 1 unspecified atom stereocenters. The lowest BCUT2D eigenvalue weighted by Gasteiger charge is -2.13. The molecule has 0 aliphatic rings. The van der Waals surface area contributed by atoms with Crippen LogP contribution in [0.25, 0.3) is 0 Å². The predicted molar refractivity (Wildman–Crippen MR) is 70.2 cm³/mol. The van der Waals surface area contributed by atoms with E-state index in [2.05, 4.69) is 9.97 Å². The SMILES string of the molecule is COc1cnc(C(O)Cc2ccc(F)c(F)c2)c(OC)n1. The van der Waals surface area contributed by atoms with E-state index in [4.69, 9.17) is 9.47 Å². The zero-order valence-corrected chi connectivity index (χ0v) is 11.5. The van der Waals surface area contributed by atoms with Crippen molar-refractivity contribution >= 4 is 0 Å². The van der Waals surface area contributed by atoms with Crippen molar-refractivity contribution in [2.45, 2.75) is 12.5 Å². The van der Waals surface area contributed by atoms with E-state index in [0.717, 1.165) is 12.1 Å². The third-order valence-corrected chi connectivity index (χ3v) is 2.88. The van der Waals surface area contributed by atoms with Crippen LogP contribution in [0.4, 0.5) is 8.78 Å². The highest BCUT2D eigenvalue weighted by atomic mass is 19.2. The first kappa shape index (κ1) is 15.1. The molecule has 0 aliphatic carbocycles. The topological polar surface area (TPSA) is 64.5 Å². The molecule has 2 rings (SSSR count). The number of benzene rings is 1. The van der Waals surface area contributed by atoms with Gasteiger partial charge in [-0.25, -0.2) is 13.8 Å². The van der Waals surface area contributed by atoms with Gasteiger partial charge in [0.25, 0.3) is 0 Å². The summed E-state index contributed by atoms with van der Waals surface area (Å²) in [4.78, 5) is 8.03. The monoisotopic (exact) mass is 296 g/mol. The lowest BCUT2D eigenvalue weighted by atomic mass is 10.1. The van der Waals surface area contributed by atoms with Crippen molar-refractivity contribution in [3.63, 3.8) is 0 Å². The minimum atomic E-state index is -1.07. The second kappa shape index (κ2) is 6.45. The molecule has 1 N–H and O–H groups in total. The number of methoxy groups -OCH3 is 2. The molecule has 0 amide bonds. The molecule has 1 aromatic heterocycles. The van der Waals surface area contributed by atoms with Crippen molar-refractivity contribution < 1.29 is 23.4 Å². The Kier molecular flexibility index (Phi) is 4.64. The summed E-state index contributed by atoms with van der Waals surface area (Å²) in [5.41, 5.74) is 0.629. The second-order valence-corrected chi connectivity index (χ2v) is 4.28. The van der Waals surface area contributed by atoms with Crippen LogP contribution in [0.5, 0.6) is 11.8 Å². The van der Waals surface area contributed by atoms with Crippen molar-refractivity contribution in [2.75, 3.05) is 14.2 Å². The van der Waals surface area contributed by atoms with E-state index in [0.29, 0.717) is 5.56 Å². The molecule has 1 atom stereocenters. The zero-order valence-electron chi connectivity index (χ0n) is 11.5. The number of hydrogen-bond donors (Lipinski definition) is 1. The molecule has 5 nitrogen and oxygen atoms in total. The van der Waals surface area contributed by atoms with Crippen molar-refractivity contribution in [1.82, 2.24) is 9.97 Å². The van der Waals surface area contributed by atoms with Crippen LogP contribution >= 0.6 is 0 Å². The van der Waals surface area contributed by atoms with Crippen LogP contribution in [0.1, 0.15) is 17.4 Å². The average molecular weight is 296 g/mol. The molecule has 0 fully saturated rings. The third-order valence-electron chi connectivity index (χ3n) is 2.88. The van der Waals surface area contributed by atoms with E-state index in [1.54, 1.807) is 0 Å². The highest BCUT2D eigenvalue weighted by Gasteiger charge is 2.18. The van der Waals surface area contributed by atoms with E-state index < -0.39 is 17.7 Å². The van der Waals surface area contributed by atoms with Gasteiger partial charge < -0.3 is 14.6 Å². The molecule has 1 heterocycles. The Balaban J connectivity index is 2.23. The van der Waals surface area contributed by atoms with Crippen LogP contribution in [0.15, 0.2) is 24.4 Å². The molecule has 1 aromatic carbocycles. The molecule has 0 saturated heterocycles. The van der Waals surface area contributed by atoms with Crippen LogP contribution in [0.3, 0.4) is 0 Å². The molecule has 0 aliphatic heterocycles. The number of nitrogens with zero attached hydrogens (tertiary/aromatic N) is 2. The van der Waals surface area contributed by atoms with Gasteiger partial charge in [-0.1, -0.05) is 6.07 Å². The molecule has 0 saturated carbocycles. The Labute approximate surface area is 120 Å². The summed E-state index contributed by atoms with van der Waals surface area (Å²) >= 11 is 0. The van der Waals surface area contributed by atoms with Crippen molar-refractivity contribution in [3.8, 4) is 11.8 Å². The molecular weight excluding hydrogens is 282 g/mol. The minimum absolute atomic E-state index is 0.0502. The molecule has 21 heavy (non-hydrogen) atoms. The van der Waals surface area contributed by atoms with Crippen LogP contribution in [-0.2, 0) is 6.42 Å². The summed E-state index contributed by atoms with van der Waals surface area (Å²) < 4.78 is 36.0. The summed E-state index contributed by atoms with van der Waals surface area (Å²) in [5.74, 6) is -1.54. The molecule has 112 valence electrons. The van der Waals surface area contributed by atoms with Crippen molar-refractivity contribution in [3.05, 3.63) is 47.3 Å². The first-order chi connectivity index (χ1) is 10.0. The minimum Gasteiger partial charge on any atom is -0.480 e. The number of rotatable bonds is 5.